The lowest BCUT2D eigenvalue weighted by molar-refractivity contribution is -0.122. The molecule has 0 heterocycles. The third-order valence-corrected chi connectivity index (χ3v) is 5.10. The van der Waals surface area contributed by atoms with Crippen molar-refractivity contribution in [3.8, 4) is 16.9 Å². The average molecular weight is 421 g/mol. The summed E-state index contributed by atoms with van der Waals surface area (Å²) in [4.78, 5) is 25.3. The Kier molecular flexibility index (Phi) is 6.42. The maximum atomic E-state index is 12.8. The molecule has 0 aromatic heterocycles. The molecule has 4 aromatic carbocycles. The highest BCUT2D eigenvalue weighted by atomic mass is 16.5. The Labute approximate surface area is 187 Å². The van der Waals surface area contributed by atoms with Gasteiger partial charge in [-0.25, -0.2) is 0 Å². The number of hydrogen-bond acceptors (Lipinski definition) is 3. The highest BCUT2D eigenvalue weighted by Crippen LogP contribution is 2.28. The van der Waals surface area contributed by atoms with E-state index in [0.717, 1.165) is 16.8 Å². The molecule has 0 radical (unpaired) electrons. The van der Waals surface area contributed by atoms with E-state index in [9.17, 15) is 9.59 Å². The molecular weight excluding hydrogens is 398 g/mol. The van der Waals surface area contributed by atoms with Gasteiger partial charge in [0.05, 0.1) is 0 Å². The van der Waals surface area contributed by atoms with Gasteiger partial charge in [0.15, 0.2) is 11.9 Å². The molecule has 4 heteroatoms. The fourth-order valence-corrected chi connectivity index (χ4v) is 3.39. The summed E-state index contributed by atoms with van der Waals surface area (Å²) in [5, 5.41) is 2.96. The molecule has 0 aliphatic rings. The molecule has 0 aliphatic carbocycles. The van der Waals surface area contributed by atoms with Crippen molar-refractivity contribution in [3.63, 3.8) is 0 Å². The molecule has 1 amide bonds. The van der Waals surface area contributed by atoms with Gasteiger partial charge in [-0.15, -0.1) is 0 Å². The summed E-state index contributed by atoms with van der Waals surface area (Å²) in [6.07, 6.45) is -0.713. The van der Waals surface area contributed by atoms with Crippen molar-refractivity contribution in [2.24, 2.45) is 0 Å². The summed E-state index contributed by atoms with van der Waals surface area (Å²) >= 11 is 0. The lowest BCUT2D eigenvalue weighted by Crippen LogP contribution is -2.30. The lowest BCUT2D eigenvalue weighted by Gasteiger charge is -2.17. The molecular formula is C28H23NO3. The van der Waals surface area contributed by atoms with Crippen LogP contribution in [0.4, 0.5) is 5.69 Å². The third-order valence-electron chi connectivity index (χ3n) is 5.10. The molecule has 4 rings (SSSR count). The molecule has 4 aromatic rings. The van der Waals surface area contributed by atoms with Gasteiger partial charge < -0.3 is 10.1 Å². The van der Waals surface area contributed by atoms with Gasteiger partial charge in [-0.3, -0.25) is 9.59 Å². The van der Waals surface area contributed by atoms with Crippen molar-refractivity contribution in [2.45, 2.75) is 13.0 Å². The summed E-state index contributed by atoms with van der Waals surface area (Å²) < 4.78 is 5.81. The highest BCUT2D eigenvalue weighted by Gasteiger charge is 2.17. The topological polar surface area (TPSA) is 55.4 Å². The number of benzene rings is 4. The molecule has 32 heavy (non-hydrogen) atoms. The van der Waals surface area contributed by atoms with Gasteiger partial charge >= 0.3 is 0 Å². The van der Waals surface area contributed by atoms with E-state index >= 15 is 0 Å². The zero-order valence-corrected chi connectivity index (χ0v) is 17.7. The van der Waals surface area contributed by atoms with Crippen molar-refractivity contribution < 1.29 is 14.3 Å². The number of nitrogens with one attached hydrogen (secondary N) is 1. The first kappa shape index (κ1) is 21.1. The maximum absolute atomic E-state index is 12.8. The number of amides is 1. The van der Waals surface area contributed by atoms with Gasteiger partial charge in [-0.2, -0.15) is 0 Å². The molecule has 158 valence electrons. The lowest BCUT2D eigenvalue weighted by atomic mass is 10.0. The van der Waals surface area contributed by atoms with Crippen LogP contribution in [0.5, 0.6) is 5.75 Å². The third kappa shape index (κ3) is 4.93. The number of ether oxygens (including phenoxy) is 1. The Hall–Kier alpha value is -4.18. The van der Waals surface area contributed by atoms with Crippen LogP contribution in [-0.2, 0) is 4.79 Å². The Bertz CT molecular complexity index is 1200. The highest BCUT2D eigenvalue weighted by molar-refractivity contribution is 6.09. The van der Waals surface area contributed by atoms with Crippen LogP contribution in [0.25, 0.3) is 11.1 Å². The Morgan fingerprint density at radius 3 is 1.94 bits per heavy atom. The van der Waals surface area contributed by atoms with Crippen LogP contribution in [0.1, 0.15) is 22.8 Å². The van der Waals surface area contributed by atoms with E-state index in [0.29, 0.717) is 16.9 Å². The van der Waals surface area contributed by atoms with Gasteiger partial charge in [-0.1, -0.05) is 78.9 Å². The van der Waals surface area contributed by atoms with Crippen LogP contribution < -0.4 is 10.1 Å². The summed E-state index contributed by atoms with van der Waals surface area (Å²) in [5.74, 6) is 0.215. The number of ketones is 1. The zero-order chi connectivity index (χ0) is 22.3. The second-order valence-electron chi connectivity index (χ2n) is 7.38. The van der Waals surface area contributed by atoms with Crippen molar-refractivity contribution in [1.29, 1.82) is 0 Å². The SMILES string of the molecule is C[C@H](Oc1ccc(C(=O)c2ccccc2)cc1)C(=O)Nc1ccccc1-c1ccccc1. The summed E-state index contributed by atoms with van der Waals surface area (Å²) in [6, 6.07) is 33.5. The molecule has 4 nitrogen and oxygen atoms in total. The quantitative estimate of drug-likeness (QED) is 0.373. The van der Waals surface area contributed by atoms with Crippen LogP contribution in [-0.4, -0.2) is 17.8 Å². The predicted molar refractivity (Wildman–Crippen MR) is 127 cm³/mol. The maximum Gasteiger partial charge on any atom is 0.265 e. The van der Waals surface area contributed by atoms with E-state index in [1.165, 1.54) is 0 Å². The molecule has 1 N–H and O–H groups in total. The summed E-state index contributed by atoms with van der Waals surface area (Å²) in [6.45, 7) is 1.70. The average Bonchev–Trinajstić information content (AvgIpc) is 2.85. The minimum atomic E-state index is -0.713. The molecule has 0 fully saturated rings. The molecule has 0 bridgehead atoms. The van der Waals surface area contributed by atoms with Gasteiger partial charge in [0.25, 0.3) is 5.91 Å². The van der Waals surface area contributed by atoms with Gasteiger partial charge in [0.2, 0.25) is 0 Å². The van der Waals surface area contributed by atoms with E-state index in [4.69, 9.17) is 4.74 Å². The molecule has 0 saturated heterocycles. The molecule has 1 atom stereocenters. The fraction of sp³-hybridized carbons (Fsp3) is 0.0714. The second-order valence-corrected chi connectivity index (χ2v) is 7.38. The number of carbonyl (C=O) groups excluding carboxylic acids is 2. The monoisotopic (exact) mass is 421 g/mol. The first-order chi connectivity index (χ1) is 15.6. The number of hydrogen-bond donors (Lipinski definition) is 1. The first-order valence-electron chi connectivity index (χ1n) is 10.4. The molecule has 0 aliphatic heterocycles. The summed E-state index contributed by atoms with van der Waals surface area (Å²) in [5.41, 5.74) is 3.89. The Morgan fingerprint density at radius 2 is 1.25 bits per heavy atom. The number of carbonyl (C=O) groups is 2. The molecule has 0 unspecified atom stereocenters. The standard InChI is InChI=1S/C28H23NO3/c1-20(28(31)29-26-15-9-8-14-25(26)21-10-4-2-5-11-21)32-24-18-16-23(17-19-24)27(30)22-12-6-3-7-13-22/h2-20H,1H3,(H,29,31)/t20-/m0/s1. The van der Waals surface area contributed by atoms with Crippen molar-refractivity contribution >= 4 is 17.4 Å². The van der Waals surface area contributed by atoms with E-state index in [1.54, 1.807) is 43.3 Å². The van der Waals surface area contributed by atoms with Crippen molar-refractivity contribution in [3.05, 3.63) is 120 Å². The number of rotatable bonds is 7. The van der Waals surface area contributed by atoms with Crippen LogP contribution in [0.3, 0.4) is 0 Å². The van der Waals surface area contributed by atoms with Crippen LogP contribution >= 0.6 is 0 Å². The number of para-hydroxylation sites is 1. The van der Waals surface area contributed by atoms with E-state index < -0.39 is 6.10 Å². The normalized spacial score (nSPS) is 11.4. The van der Waals surface area contributed by atoms with Crippen LogP contribution in [0, 0.1) is 0 Å². The van der Waals surface area contributed by atoms with Gasteiger partial charge in [-0.05, 0) is 42.8 Å². The van der Waals surface area contributed by atoms with Gasteiger partial charge in [0, 0.05) is 22.4 Å². The van der Waals surface area contributed by atoms with Crippen molar-refractivity contribution in [1.82, 2.24) is 0 Å². The van der Waals surface area contributed by atoms with Crippen LogP contribution in [0.15, 0.2) is 109 Å². The molecule has 0 saturated carbocycles. The first-order valence-corrected chi connectivity index (χ1v) is 10.4. The van der Waals surface area contributed by atoms with E-state index in [-0.39, 0.29) is 11.7 Å². The van der Waals surface area contributed by atoms with Crippen molar-refractivity contribution in [2.75, 3.05) is 5.32 Å². The molecule has 0 spiro atoms. The fourth-order valence-electron chi connectivity index (χ4n) is 3.39. The van der Waals surface area contributed by atoms with Gasteiger partial charge in [0.1, 0.15) is 5.75 Å². The minimum absolute atomic E-state index is 0.0551. The number of anilines is 1. The Balaban J connectivity index is 1.42. The van der Waals surface area contributed by atoms with E-state index in [2.05, 4.69) is 5.32 Å². The van der Waals surface area contributed by atoms with Crippen LogP contribution in [0.2, 0.25) is 0 Å². The predicted octanol–water partition coefficient (Wildman–Crippen LogP) is 5.99. The summed E-state index contributed by atoms with van der Waals surface area (Å²) in [7, 11) is 0. The Morgan fingerprint density at radius 1 is 0.688 bits per heavy atom. The largest absolute Gasteiger partial charge is 0.481 e. The minimum Gasteiger partial charge on any atom is -0.481 e. The second kappa shape index (κ2) is 9.75. The van der Waals surface area contributed by atoms with E-state index in [1.807, 2.05) is 72.8 Å². The smallest absolute Gasteiger partial charge is 0.265 e. The zero-order valence-electron chi connectivity index (χ0n) is 17.7.